The third-order valence-electron chi connectivity index (χ3n) is 1.47. The fraction of sp³-hybridized carbons (Fsp3) is 0.571. The maximum atomic E-state index is 10.8. The van der Waals surface area contributed by atoms with Crippen LogP contribution in [-0.2, 0) is 4.74 Å². The summed E-state index contributed by atoms with van der Waals surface area (Å²) in [4.78, 5) is 12.4. The first kappa shape index (κ1) is 8.07. The zero-order valence-electron chi connectivity index (χ0n) is 6.32. The van der Waals surface area contributed by atoms with Crippen LogP contribution in [0.25, 0.3) is 0 Å². The number of ether oxygens (including phenoxy) is 1. The zero-order valence-corrected chi connectivity index (χ0v) is 6.32. The van der Waals surface area contributed by atoms with Gasteiger partial charge in [0.15, 0.2) is 0 Å². The minimum absolute atomic E-state index is 0.230. The number of carbonyl (C=O) groups is 1. The second-order valence-corrected chi connectivity index (χ2v) is 2.27. The second kappa shape index (κ2) is 3.98. The van der Waals surface area contributed by atoms with Crippen molar-refractivity contribution in [1.82, 2.24) is 4.90 Å². The summed E-state index contributed by atoms with van der Waals surface area (Å²) >= 11 is 0. The van der Waals surface area contributed by atoms with Crippen LogP contribution in [0, 0.1) is 0 Å². The first-order valence-electron chi connectivity index (χ1n) is 3.61. The van der Waals surface area contributed by atoms with Gasteiger partial charge in [-0.05, 0) is 0 Å². The lowest BCUT2D eigenvalue weighted by Gasteiger charge is -2.07. The molecule has 1 fully saturated rings. The Kier molecular flexibility index (Phi) is 2.92. The Morgan fingerprint density at radius 2 is 2.45 bits per heavy atom. The van der Waals surface area contributed by atoms with Gasteiger partial charge < -0.3 is 15.4 Å². The Hall–Kier alpha value is -1.03. The number of nitrogens with zero attached hydrogens (tertiary/aromatic N) is 1. The smallest absolute Gasteiger partial charge is 0.410 e. The van der Waals surface area contributed by atoms with Crippen molar-refractivity contribution in [2.45, 2.75) is 0 Å². The van der Waals surface area contributed by atoms with Crippen molar-refractivity contribution in [2.24, 2.45) is 5.73 Å². The molecule has 1 amide bonds. The molecular weight excluding hydrogens is 144 g/mol. The average molecular weight is 156 g/mol. The maximum absolute atomic E-state index is 10.8. The number of rotatable bonds is 3. The number of amides is 1. The van der Waals surface area contributed by atoms with Crippen LogP contribution in [0.3, 0.4) is 0 Å². The van der Waals surface area contributed by atoms with Crippen LogP contribution < -0.4 is 5.73 Å². The van der Waals surface area contributed by atoms with E-state index in [2.05, 4.69) is 0 Å². The Morgan fingerprint density at radius 3 is 3.00 bits per heavy atom. The van der Waals surface area contributed by atoms with Gasteiger partial charge in [0.1, 0.15) is 6.61 Å². The van der Waals surface area contributed by atoms with Crippen LogP contribution >= 0.6 is 0 Å². The van der Waals surface area contributed by atoms with Gasteiger partial charge in [-0.2, -0.15) is 0 Å². The molecule has 0 saturated carbocycles. The Bertz CT molecular complexity index is 168. The molecule has 4 nitrogen and oxygen atoms in total. The normalized spacial score (nSPS) is 17.9. The lowest BCUT2D eigenvalue weighted by molar-refractivity contribution is 0.161. The highest BCUT2D eigenvalue weighted by molar-refractivity contribution is 5.69. The monoisotopic (exact) mass is 156 g/mol. The highest BCUT2D eigenvalue weighted by Crippen LogP contribution is 2.01. The summed E-state index contributed by atoms with van der Waals surface area (Å²) in [5.41, 5.74) is 5.23. The molecular formula is C7H12N2O2. The minimum Gasteiger partial charge on any atom is -0.448 e. The van der Waals surface area contributed by atoms with E-state index < -0.39 is 0 Å². The van der Waals surface area contributed by atoms with Crippen LogP contribution in [0.15, 0.2) is 12.2 Å². The van der Waals surface area contributed by atoms with Crippen molar-refractivity contribution in [3.63, 3.8) is 0 Å². The van der Waals surface area contributed by atoms with Gasteiger partial charge in [-0.1, -0.05) is 12.2 Å². The van der Waals surface area contributed by atoms with E-state index in [1.165, 1.54) is 0 Å². The molecule has 1 heterocycles. The topological polar surface area (TPSA) is 55.6 Å². The van der Waals surface area contributed by atoms with Gasteiger partial charge in [-0.25, -0.2) is 4.79 Å². The van der Waals surface area contributed by atoms with E-state index in [-0.39, 0.29) is 6.09 Å². The Labute approximate surface area is 65.6 Å². The highest BCUT2D eigenvalue weighted by atomic mass is 16.6. The van der Waals surface area contributed by atoms with Gasteiger partial charge in [-0.3, -0.25) is 0 Å². The van der Waals surface area contributed by atoms with E-state index in [4.69, 9.17) is 10.5 Å². The fourth-order valence-electron chi connectivity index (χ4n) is 0.890. The summed E-state index contributed by atoms with van der Waals surface area (Å²) in [6.07, 6.45) is 3.46. The van der Waals surface area contributed by atoms with Crippen LogP contribution in [0.5, 0.6) is 0 Å². The molecule has 0 aliphatic carbocycles. The van der Waals surface area contributed by atoms with Crippen molar-refractivity contribution in [1.29, 1.82) is 0 Å². The molecule has 1 aliphatic rings. The summed E-state index contributed by atoms with van der Waals surface area (Å²) in [6.45, 7) is 2.32. The predicted octanol–water partition coefficient (Wildman–Crippen LogP) is -0.0465. The van der Waals surface area contributed by atoms with Crippen molar-refractivity contribution in [2.75, 3.05) is 26.2 Å². The average Bonchev–Trinajstić information content (AvgIpc) is 2.37. The van der Waals surface area contributed by atoms with Gasteiger partial charge in [0.2, 0.25) is 0 Å². The molecule has 0 radical (unpaired) electrons. The van der Waals surface area contributed by atoms with Crippen molar-refractivity contribution >= 4 is 6.09 Å². The number of carbonyl (C=O) groups excluding carboxylic acids is 1. The molecule has 0 aromatic carbocycles. The Balaban J connectivity index is 2.25. The maximum Gasteiger partial charge on any atom is 0.410 e. The SMILES string of the molecule is NC/C=C/CN1CCOC1=O. The molecule has 2 N–H and O–H groups in total. The molecule has 11 heavy (non-hydrogen) atoms. The standard InChI is InChI=1S/C7H12N2O2/c8-3-1-2-4-9-5-6-11-7(9)10/h1-2H,3-6,8H2/b2-1+. The summed E-state index contributed by atoms with van der Waals surface area (Å²) in [7, 11) is 0. The summed E-state index contributed by atoms with van der Waals surface area (Å²) in [6, 6.07) is 0. The van der Waals surface area contributed by atoms with Gasteiger partial charge in [0, 0.05) is 13.1 Å². The van der Waals surface area contributed by atoms with E-state index in [9.17, 15) is 4.79 Å². The number of hydrogen-bond acceptors (Lipinski definition) is 3. The van der Waals surface area contributed by atoms with Crippen LogP contribution in [0.2, 0.25) is 0 Å². The predicted molar refractivity (Wildman–Crippen MR) is 41.1 cm³/mol. The zero-order chi connectivity index (χ0) is 8.10. The third-order valence-corrected chi connectivity index (χ3v) is 1.47. The minimum atomic E-state index is -0.230. The number of hydrogen-bond donors (Lipinski definition) is 1. The number of cyclic esters (lactones) is 1. The molecule has 1 saturated heterocycles. The first-order chi connectivity index (χ1) is 5.34. The lowest BCUT2D eigenvalue weighted by atomic mass is 10.4. The molecule has 0 aromatic heterocycles. The lowest BCUT2D eigenvalue weighted by Crippen LogP contribution is -2.24. The van der Waals surface area contributed by atoms with E-state index in [0.717, 1.165) is 0 Å². The second-order valence-electron chi connectivity index (χ2n) is 2.27. The van der Waals surface area contributed by atoms with Gasteiger partial charge in [0.05, 0.1) is 6.54 Å². The van der Waals surface area contributed by atoms with E-state index in [1.807, 2.05) is 12.2 Å². The van der Waals surface area contributed by atoms with Crippen molar-refractivity contribution < 1.29 is 9.53 Å². The first-order valence-corrected chi connectivity index (χ1v) is 3.61. The van der Waals surface area contributed by atoms with Crippen molar-refractivity contribution in [3.8, 4) is 0 Å². The summed E-state index contributed by atoms with van der Waals surface area (Å²) < 4.78 is 4.72. The number of nitrogens with two attached hydrogens (primary N) is 1. The van der Waals surface area contributed by atoms with Crippen LogP contribution in [0.4, 0.5) is 4.79 Å². The highest BCUT2D eigenvalue weighted by Gasteiger charge is 2.19. The van der Waals surface area contributed by atoms with Gasteiger partial charge in [-0.15, -0.1) is 0 Å². The summed E-state index contributed by atoms with van der Waals surface area (Å²) in [5.74, 6) is 0. The molecule has 1 rings (SSSR count). The summed E-state index contributed by atoms with van der Waals surface area (Å²) in [5, 5.41) is 0. The quantitative estimate of drug-likeness (QED) is 0.583. The molecule has 1 aliphatic heterocycles. The Morgan fingerprint density at radius 1 is 1.64 bits per heavy atom. The third kappa shape index (κ3) is 2.23. The molecule has 0 unspecified atom stereocenters. The molecule has 0 aromatic rings. The molecule has 0 spiro atoms. The fourth-order valence-corrected chi connectivity index (χ4v) is 0.890. The van der Waals surface area contributed by atoms with Crippen molar-refractivity contribution in [3.05, 3.63) is 12.2 Å². The van der Waals surface area contributed by atoms with Crippen LogP contribution in [0.1, 0.15) is 0 Å². The molecule has 0 bridgehead atoms. The molecule has 0 atom stereocenters. The largest absolute Gasteiger partial charge is 0.448 e. The van der Waals surface area contributed by atoms with Crippen LogP contribution in [-0.4, -0.2) is 37.2 Å². The molecule has 4 heteroatoms. The van der Waals surface area contributed by atoms with Gasteiger partial charge >= 0.3 is 6.09 Å². The van der Waals surface area contributed by atoms with E-state index >= 15 is 0 Å². The van der Waals surface area contributed by atoms with E-state index in [1.54, 1.807) is 4.90 Å². The van der Waals surface area contributed by atoms with E-state index in [0.29, 0.717) is 26.2 Å². The molecule has 62 valence electrons. The van der Waals surface area contributed by atoms with Gasteiger partial charge in [0.25, 0.3) is 0 Å².